The van der Waals surface area contributed by atoms with Crippen LogP contribution < -0.4 is 5.32 Å². The predicted molar refractivity (Wildman–Crippen MR) is 103 cm³/mol. The van der Waals surface area contributed by atoms with E-state index < -0.39 is 22.7 Å². The number of benzene rings is 1. The molecule has 2 aromatic heterocycles. The van der Waals surface area contributed by atoms with Crippen molar-refractivity contribution in [3.8, 4) is 5.69 Å². The molecule has 1 aromatic carbocycles. The summed E-state index contributed by atoms with van der Waals surface area (Å²) in [6, 6.07) is 9.04. The van der Waals surface area contributed by atoms with E-state index >= 15 is 0 Å². The fraction of sp³-hybridized carbons (Fsp3) is 0.286. The van der Waals surface area contributed by atoms with Gasteiger partial charge in [0.2, 0.25) is 5.91 Å². The van der Waals surface area contributed by atoms with Gasteiger partial charge >= 0.3 is 0 Å². The summed E-state index contributed by atoms with van der Waals surface area (Å²) in [5, 5.41) is 16.9. The number of carbonyl (C=O) groups is 1. The van der Waals surface area contributed by atoms with Crippen LogP contribution in [0.2, 0.25) is 0 Å². The number of nitrogens with one attached hydrogen (secondary N) is 1. The smallest absolute Gasteiger partial charge is 0.236 e. The maximum atomic E-state index is 14.3. The van der Waals surface area contributed by atoms with Crippen LogP contribution >= 0.6 is 0 Å². The van der Waals surface area contributed by atoms with Gasteiger partial charge in [0.1, 0.15) is 22.9 Å². The number of hydrogen-bond acceptors (Lipinski definition) is 4. The molecule has 150 valence electrons. The van der Waals surface area contributed by atoms with Gasteiger partial charge in [0.05, 0.1) is 17.3 Å². The molecular formula is C21H20F2N4O2. The lowest BCUT2D eigenvalue weighted by Crippen LogP contribution is -2.29. The third-order valence-corrected chi connectivity index (χ3v) is 5.08. The summed E-state index contributed by atoms with van der Waals surface area (Å²) in [4.78, 5) is 16.8. The molecule has 1 amide bonds. The molecule has 1 aliphatic rings. The Kier molecular flexibility index (Phi) is 4.46. The van der Waals surface area contributed by atoms with Gasteiger partial charge in [0.25, 0.3) is 0 Å². The minimum absolute atomic E-state index is 0.0671. The van der Waals surface area contributed by atoms with Crippen LogP contribution in [0.4, 0.5) is 14.6 Å². The summed E-state index contributed by atoms with van der Waals surface area (Å²) in [5.41, 5.74) is -1.63. The first-order chi connectivity index (χ1) is 13.7. The number of rotatable bonds is 5. The van der Waals surface area contributed by atoms with Crippen LogP contribution in [0.25, 0.3) is 5.69 Å². The molecule has 0 atom stereocenters. The second kappa shape index (κ2) is 6.73. The quantitative estimate of drug-likeness (QED) is 0.690. The van der Waals surface area contributed by atoms with Gasteiger partial charge in [-0.1, -0.05) is 18.2 Å². The van der Waals surface area contributed by atoms with Gasteiger partial charge in [-0.15, -0.1) is 0 Å². The van der Waals surface area contributed by atoms with Crippen molar-refractivity contribution in [3.05, 3.63) is 71.7 Å². The SMILES string of the molecule is CC(C)(O)c1ncc(-n2ccc(NC(=O)C3(c4ccccc4F)CC3)n2)cc1F. The van der Waals surface area contributed by atoms with Crippen molar-refractivity contribution in [2.24, 2.45) is 0 Å². The zero-order chi connectivity index (χ0) is 20.8. The molecule has 6 nitrogen and oxygen atoms in total. The molecule has 2 N–H and O–H groups in total. The van der Waals surface area contributed by atoms with Crippen molar-refractivity contribution in [3.63, 3.8) is 0 Å². The van der Waals surface area contributed by atoms with Gasteiger partial charge in [-0.2, -0.15) is 5.10 Å². The Hall–Kier alpha value is -3.13. The molecule has 3 aromatic rings. The van der Waals surface area contributed by atoms with Crippen molar-refractivity contribution in [1.82, 2.24) is 14.8 Å². The van der Waals surface area contributed by atoms with Crippen molar-refractivity contribution < 1.29 is 18.7 Å². The Morgan fingerprint density at radius 3 is 2.55 bits per heavy atom. The topological polar surface area (TPSA) is 80.0 Å². The molecule has 0 unspecified atom stereocenters. The summed E-state index contributed by atoms with van der Waals surface area (Å²) in [6.07, 6.45) is 4.07. The van der Waals surface area contributed by atoms with Gasteiger partial charge in [-0.25, -0.2) is 13.5 Å². The highest BCUT2D eigenvalue weighted by molar-refractivity contribution is 6.00. The van der Waals surface area contributed by atoms with Crippen molar-refractivity contribution >= 4 is 11.7 Å². The Morgan fingerprint density at radius 2 is 1.93 bits per heavy atom. The van der Waals surface area contributed by atoms with Gasteiger partial charge in [-0.3, -0.25) is 9.78 Å². The molecule has 0 spiro atoms. The van der Waals surface area contributed by atoms with E-state index in [9.17, 15) is 18.7 Å². The number of aromatic nitrogens is 3. The third kappa shape index (κ3) is 3.51. The fourth-order valence-corrected chi connectivity index (χ4v) is 3.37. The molecule has 2 heterocycles. The van der Waals surface area contributed by atoms with E-state index in [1.54, 1.807) is 30.5 Å². The minimum Gasteiger partial charge on any atom is -0.384 e. The van der Waals surface area contributed by atoms with Crippen molar-refractivity contribution in [1.29, 1.82) is 0 Å². The monoisotopic (exact) mass is 398 g/mol. The Morgan fingerprint density at radius 1 is 1.21 bits per heavy atom. The van der Waals surface area contributed by atoms with Crippen molar-refractivity contribution in [2.45, 2.75) is 37.7 Å². The Labute approximate surface area is 166 Å². The van der Waals surface area contributed by atoms with E-state index in [1.807, 2.05) is 0 Å². The molecular weight excluding hydrogens is 378 g/mol. The van der Waals surface area contributed by atoms with Gasteiger partial charge < -0.3 is 10.4 Å². The van der Waals surface area contributed by atoms with E-state index in [0.717, 1.165) is 0 Å². The van der Waals surface area contributed by atoms with Crippen LogP contribution in [0.3, 0.4) is 0 Å². The normalized spacial score (nSPS) is 15.2. The zero-order valence-corrected chi connectivity index (χ0v) is 16.0. The number of aliphatic hydroxyl groups is 1. The highest BCUT2D eigenvalue weighted by Gasteiger charge is 2.52. The Bertz CT molecular complexity index is 1080. The van der Waals surface area contributed by atoms with Crippen molar-refractivity contribution in [2.75, 3.05) is 5.32 Å². The van der Waals surface area contributed by atoms with E-state index in [0.29, 0.717) is 24.1 Å². The zero-order valence-electron chi connectivity index (χ0n) is 16.0. The Balaban J connectivity index is 1.54. The second-order valence-electron chi connectivity index (χ2n) is 7.74. The summed E-state index contributed by atoms with van der Waals surface area (Å²) in [6.45, 7) is 2.89. The first-order valence-electron chi connectivity index (χ1n) is 9.22. The molecule has 4 rings (SSSR count). The molecule has 1 aliphatic carbocycles. The maximum Gasteiger partial charge on any atom is 0.236 e. The van der Waals surface area contributed by atoms with E-state index in [1.165, 1.54) is 36.9 Å². The van der Waals surface area contributed by atoms with Crippen LogP contribution in [-0.2, 0) is 15.8 Å². The summed E-state index contributed by atoms with van der Waals surface area (Å²) in [5.74, 6) is -1.12. The minimum atomic E-state index is -1.41. The molecule has 0 aliphatic heterocycles. The van der Waals surface area contributed by atoms with Gasteiger partial charge in [0.15, 0.2) is 5.82 Å². The number of anilines is 1. The number of halogens is 2. The molecule has 1 saturated carbocycles. The van der Waals surface area contributed by atoms with Crippen LogP contribution in [0, 0.1) is 11.6 Å². The lowest BCUT2D eigenvalue weighted by molar-refractivity contribution is -0.118. The highest BCUT2D eigenvalue weighted by Crippen LogP contribution is 2.49. The third-order valence-electron chi connectivity index (χ3n) is 5.08. The van der Waals surface area contributed by atoms with E-state index in [4.69, 9.17) is 0 Å². The first kappa shape index (κ1) is 19.2. The van der Waals surface area contributed by atoms with Crippen LogP contribution in [0.1, 0.15) is 37.9 Å². The standard InChI is InChI=1S/C21H20F2N4O2/c1-20(2,29)18-16(23)11-13(12-24-18)27-10-7-17(26-27)25-19(28)21(8-9-21)14-5-3-4-6-15(14)22/h3-7,10-12,29H,8-9H2,1-2H3,(H,25,26,28). The lowest BCUT2D eigenvalue weighted by atomic mass is 9.94. The van der Waals surface area contributed by atoms with Gasteiger partial charge in [0, 0.05) is 23.9 Å². The summed E-state index contributed by atoms with van der Waals surface area (Å²) < 4.78 is 29.8. The number of nitrogens with zero attached hydrogens (tertiary/aromatic N) is 3. The van der Waals surface area contributed by atoms with Gasteiger partial charge in [-0.05, 0) is 32.8 Å². The second-order valence-corrected chi connectivity index (χ2v) is 7.74. The number of hydrogen-bond donors (Lipinski definition) is 2. The number of amides is 1. The van der Waals surface area contributed by atoms with E-state index in [-0.39, 0.29) is 17.4 Å². The predicted octanol–water partition coefficient (Wildman–Crippen LogP) is 3.44. The van der Waals surface area contributed by atoms with Crippen LogP contribution in [-0.4, -0.2) is 25.8 Å². The van der Waals surface area contributed by atoms with Crippen LogP contribution in [0.15, 0.2) is 48.8 Å². The molecule has 0 saturated heterocycles. The molecule has 29 heavy (non-hydrogen) atoms. The number of pyridine rings is 1. The average molecular weight is 398 g/mol. The molecule has 8 heteroatoms. The summed E-state index contributed by atoms with van der Waals surface area (Å²) >= 11 is 0. The maximum absolute atomic E-state index is 14.3. The highest BCUT2D eigenvalue weighted by atomic mass is 19.1. The lowest BCUT2D eigenvalue weighted by Gasteiger charge is -2.17. The largest absolute Gasteiger partial charge is 0.384 e. The molecule has 0 bridgehead atoms. The number of carbonyl (C=O) groups excluding carboxylic acids is 1. The van der Waals surface area contributed by atoms with E-state index in [2.05, 4.69) is 15.4 Å². The summed E-state index contributed by atoms with van der Waals surface area (Å²) in [7, 11) is 0. The molecule has 0 radical (unpaired) electrons. The van der Waals surface area contributed by atoms with Crippen LogP contribution in [0.5, 0.6) is 0 Å². The fourth-order valence-electron chi connectivity index (χ4n) is 3.37. The first-order valence-corrected chi connectivity index (χ1v) is 9.22. The average Bonchev–Trinajstić information content (AvgIpc) is 3.33. The molecule has 1 fully saturated rings.